The molecule has 0 nitrogen and oxygen atoms in total. The summed E-state index contributed by atoms with van der Waals surface area (Å²) in [6, 6.07) is 9.77. The van der Waals surface area contributed by atoms with Crippen LogP contribution in [-0.2, 0) is 12.8 Å². The van der Waals surface area contributed by atoms with Crippen LogP contribution in [0.15, 0.2) is 36.4 Å². The Morgan fingerprint density at radius 3 is 2.32 bits per heavy atom. The first-order valence-electron chi connectivity index (χ1n) is 12.3. The summed E-state index contributed by atoms with van der Waals surface area (Å²) >= 11 is 0. The summed E-state index contributed by atoms with van der Waals surface area (Å²) in [6.07, 6.45) is 14.9. The standard InChI is InChI=1S/C29H36F2/c1-3-5-7-20-8-11-22(12-9-20)26-18-27(30)29(28(31)19-26)25-15-14-23-16-21(6-4-2)10-13-24(23)17-25/h4,6,10,13,16,18-20,22,25H,3,5,7-9,11-12,14-15,17H2,1-2H3/b6-4+. The molecule has 2 aliphatic carbocycles. The summed E-state index contributed by atoms with van der Waals surface area (Å²) in [4.78, 5) is 0. The predicted octanol–water partition coefficient (Wildman–Crippen LogP) is 8.73. The van der Waals surface area contributed by atoms with E-state index in [1.54, 1.807) is 12.1 Å². The van der Waals surface area contributed by atoms with Crippen molar-refractivity contribution in [3.8, 4) is 0 Å². The summed E-state index contributed by atoms with van der Waals surface area (Å²) in [7, 11) is 0. The van der Waals surface area contributed by atoms with E-state index in [4.69, 9.17) is 0 Å². The van der Waals surface area contributed by atoms with Crippen molar-refractivity contribution >= 4 is 6.08 Å². The minimum Gasteiger partial charge on any atom is -0.207 e. The minimum atomic E-state index is -0.331. The third kappa shape index (κ3) is 5.10. The summed E-state index contributed by atoms with van der Waals surface area (Å²) in [5, 5.41) is 0. The first kappa shape index (κ1) is 22.2. The molecule has 0 saturated heterocycles. The van der Waals surface area contributed by atoms with Gasteiger partial charge in [-0.1, -0.05) is 56.5 Å². The highest BCUT2D eigenvalue weighted by molar-refractivity contribution is 5.52. The second-order valence-electron chi connectivity index (χ2n) is 9.73. The molecule has 0 bridgehead atoms. The average Bonchev–Trinajstić information content (AvgIpc) is 2.78. The van der Waals surface area contributed by atoms with E-state index >= 15 is 8.78 Å². The Morgan fingerprint density at radius 1 is 0.903 bits per heavy atom. The number of aryl methyl sites for hydroxylation is 1. The van der Waals surface area contributed by atoms with Crippen LogP contribution in [0.25, 0.3) is 6.08 Å². The molecule has 31 heavy (non-hydrogen) atoms. The lowest BCUT2D eigenvalue weighted by molar-refractivity contribution is 0.303. The molecular formula is C29H36F2. The predicted molar refractivity (Wildman–Crippen MR) is 126 cm³/mol. The lowest BCUT2D eigenvalue weighted by Gasteiger charge is -2.30. The Balaban J connectivity index is 1.47. The summed E-state index contributed by atoms with van der Waals surface area (Å²) < 4.78 is 30.4. The van der Waals surface area contributed by atoms with Crippen LogP contribution in [0.5, 0.6) is 0 Å². The monoisotopic (exact) mass is 422 g/mol. The van der Waals surface area contributed by atoms with Gasteiger partial charge in [-0.15, -0.1) is 0 Å². The number of fused-ring (bicyclic) bond motifs is 1. The molecule has 2 aromatic rings. The maximum absolute atomic E-state index is 15.2. The fraction of sp³-hybridized carbons (Fsp3) is 0.517. The van der Waals surface area contributed by atoms with Crippen LogP contribution in [0.2, 0.25) is 0 Å². The van der Waals surface area contributed by atoms with Crippen molar-refractivity contribution in [3.63, 3.8) is 0 Å². The van der Waals surface area contributed by atoms with Crippen LogP contribution < -0.4 is 0 Å². The van der Waals surface area contributed by atoms with Gasteiger partial charge in [0.1, 0.15) is 11.6 Å². The number of unbranched alkanes of at least 4 members (excludes halogenated alkanes) is 1. The maximum Gasteiger partial charge on any atom is 0.129 e. The highest BCUT2D eigenvalue weighted by Gasteiger charge is 2.28. The van der Waals surface area contributed by atoms with Gasteiger partial charge in [-0.2, -0.15) is 0 Å². The summed E-state index contributed by atoms with van der Waals surface area (Å²) in [5.41, 5.74) is 4.94. The van der Waals surface area contributed by atoms with Gasteiger partial charge in [0.05, 0.1) is 0 Å². The minimum absolute atomic E-state index is 0.0705. The Hall–Kier alpha value is -1.96. The van der Waals surface area contributed by atoms with Gasteiger partial charge in [-0.05, 0) is 104 Å². The topological polar surface area (TPSA) is 0 Å². The van der Waals surface area contributed by atoms with Crippen LogP contribution >= 0.6 is 0 Å². The normalized spacial score (nSPS) is 23.8. The van der Waals surface area contributed by atoms with Gasteiger partial charge >= 0.3 is 0 Å². The molecule has 0 aromatic heterocycles. The molecule has 0 amide bonds. The molecular weight excluding hydrogens is 386 g/mol. The van der Waals surface area contributed by atoms with E-state index in [2.05, 4.69) is 31.2 Å². The number of halogens is 2. The maximum atomic E-state index is 15.2. The number of hydrogen-bond donors (Lipinski definition) is 0. The lowest BCUT2D eigenvalue weighted by Crippen LogP contribution is -2.17. The molecule has 0 radical (unpaired) electrons. The van der Waals surface area contributed by atoms with Gasteiger partial charge in [0, 0.05) is 5.56 Å². The molecule has 1 saturated carbocycles. The van der Waals surface area contributed by atoms with Crippen molar-refractivity contribution < 1.29 is 8.78 Å². The molecule has 0 aliphatic heterocycles. The molecule has 0 N–H and O–H groups in total. The largest absolute Gasteiger partial charge is 0.207 e. The molecule has 166 valence electrons. The van der Waals surface area contributed by atoms with Gasteiger partial charge in [0.15, 0.2) is 0 Å². The SMILES string of the molecule is C/C=C/c1ccc2c(c1)CCC(c1c(F)cc(C3CCC(CCCC)CC3)cc1F)C2. The Morgan fingerprint density at radius 2 is 1.65 bits per heavy atom. The fourth-order valence-electron chi connectivity index (χ4n) is 5.82. The van der Waals surface area contributed by atoms with Crippen LogP contribution in [-0.4, -0.2) is 0 Å². The zero-order valence-corrected chi connectivity index (χ0v) is 19.1. The first-order chi connectivity index (χ1) is 15.1. The fourth-order valence-corrected chi connectivity index (χ4v) is 5.82. The van der Waals surface area contributed by atoms with Crippen molar-refractivity contribution in [2.45, 2.75) is 89.9 Å². The number of rotatable bonds is 6. The van der Waals surface area contributed by atoms with Crippen molar-refractivity contribution in [2.75, 3.05) is 0 Å². The van der Waals surface area contributed by atoms with E-state index in [0.29, 0.717) is 11.5 Å². The van der Waals surface area contributed by atoms with Gasteiger partial charge < -0.3 is 0 Å². The third-order valence-corrected chi connectivity index (χ3v) is 7.61. The van der Waals surface area contributed by atoms with Crippen LogP contribution in [0, 0.1) is 17.6 Å². The van der Waals surface area contributed by atoms with E-state index in [0.717, 1.165) is 43.6 Å². The molecule has 0 heterocycles. The van der Waals surface area contributed by atoms with Gasteiger partial charge in [-0.25, -0.2) is 8.78 Å². The smallest absolute Gasteiger partial charge is 0.129 e. The summed E-state index contributed by atoms with van der Waals surface area (Å²) in [6.45, 7) is 4.26. The average molecular weight is 423 g/mol. The van der Waals surface area contributed by atoms with Crippen LogP contribution in [0.1, 0.15) is 105 Å². The molecule has 1 atom stereocenters. The quantitative estimate of drug-likeness (QED) is 0.436. The van der Waals surface area contributed by atoms with Gasteiger partial charge in [0.2, 0.25) is 0 Å². The molecule has 1 fully saturated rings. The van der Waals surface area contributed by atoms with Crippen LogP contribution in [0.3, 0.4) is 0 Å². The lowest BCUT2D eigenvalue weighted by atomic mass is 9.75. The van der Waals surface area contributed by atoms with E-state index in [1.165, 1.54) is 48.8 Å². The van der Waals surface area contributed by atoms with Crippen molar-refractivity contribution in [3.05, 3.63) is 75.9 Å². The molecule has 2 heteroatoms. The van der Waals surface area contributed by atoms with Crippen molar-refractivity contribution in [2.24, 2.45) is 5.92 Å². The second-order valence-corrected chi connectivity index (χ2v) is 9.73. The van der Waals surface area contributed by atoms with E-state index in [-0.39, 0.29) is 17.6 Å². The van der Waals surface area contributed by atoms with E-state index in [9.17, 15) is 0 Å². The third-order valence-electron chi connectivity index (χ3n) is 7.61. The highest BCUT2D eigenvalue weighted by Crippen LogP contribution is 2.41. The van der Waals surface area contributed by atoms with E-state index in [1.807, 2.05) is 13.0 Å². The Labute approximate surface area is 186 Å². The van der Waals surface area contributed by atoms with Crippen molar-refractivity contribution in [1.82, 2.24) is 0 Å². The Bertz CT molecular complexity index is 895. The summed E-state index contributed by atoms with van der Waals surface area (Å²) in [5.74, 6) is 0.386. The van der Waals surface area contributed by atoms with E-state index < -0.39 is 0 Å². The van der Waals surface area contributed by atoms with Gasteiger partial charge in [0.25, 0.3) is 0 Å². The highest BCUT2D eigenvalue weighted by atomic mass is 19.1. The van der Waals surface area contributed by atoms with Crippen molar-refractivity contribution in [1.29, 1.82) is 0 Å². The second kappa shape index (κ2) is 10.1. The number of benzene rings is 2. The van der Waals surface area contributed by atoms with Gasteiger partial charge in [-0.3, -0.25) is 0 Å². The zero-order valence-electron chi connectivity index (χ0n) is 19.1. The Kier molecular flexibility index (Phi) is 7.25. The zero-order chi connectivity index (χ0) is 21.8. The first-order valence-corrected chi connectivity index (χ1v) is 12.3. The number of hydrogen-bond acceptors (Lipinski definition) is 0. The van der Waals surface area contributed by atoms with Crippen LogP contribution in [0.4, 0.5) is 8.78 Å². The molecule has 2 aromatic carbocycles. The molecule has 1 unspecified atom stereocenters. The molecule has 2 aliphatic rings. The molecule has 4 rings (SSSR count). The number of allylic oxidation sites excluding steroid dienone is 1. The molecule has 0 spiro atoms.